The molecule has 4 nitrogen and oxygen atoms in total. The average molecular weight is 256 g/mol. The first-order valence-corrected chi connectivity index (χ1v) is 7.07. The Kier molecular flexibility index (Phi) is 3.31. The molecule has 1 saturated heterocycles. The molecule has 4 heteroatoms. The topological polar surface area (TPSA) is 51.1 Å². The van der Waals surface area contributed by atoms with E-state index in [9.17, 15) is 5.26 Å². The molecule has 2 aliphatic rings. The molecular weight excluding hydrogens is 236 g/mol. The molecule has 0 atom stereocenters. The van der Waals surface area contributed by atoms with Gasteiger partial charge in [-0.05, 0) is 43.5 Å². The van der Waals surface area contributed by atoms with Crippen molar-refractivity contribution >= 4 is 11.4 Å². The van der Waals surface area contributed by atoms with E-state index in [2.05, 4.69) is 45.9 Å². The average Bonchev–Trinajstić information content (AvgIpc) is 2.45. The second-order valence-corrected chi connectivity index (χ2v) is 5.46. The lowest BCUT2D eigenvalue weighted by molar-refractivity contribution is 0.356. The van der Waals surface area contributed by atoms with E-state index < -0.39 is 0 Å². The monoisotopic (exact) mass is 256 g/mol. The van der Waals surface area contributed by atoms with Crippen LogP contribution in [0, 0.1) is 11.3 Å². The maximum Gasteiger partial charge on any atom is 0.125 e. The highest BCUT2D eigenvalue weighted by Gasteiger charge is 2.36. The van der Waals surface area contributed by atoms with Crippen LogP contribution < -0.4 is 15.5 Å². The van der Waals surface area contributed by atoms with Gasteiger partial charge in [0.25, 0.3) is 0 Å². The third kappa shape index (κ3) is 2.52. The highest BCUT2D eigenvalue weighted by molar-refractivity contribution is 5.57. The number of nitriles is 1. The van der Waals surface area contributed by atoms with Gasteiger partial charge in [0.05, 0.1) is 6.07 Å². The maximum absolute atomic E-state index is 9.23. The number of anilines is 2. The first kappa shape index (κ1) is 12.3. The molecule has 2 fully saturated rings. The van der Waals surface area contributed by atoms with Gasteiger partial charge in [-0.15, -0.1) is 0 Å². The van der Waals surface area contributed by atoms with Crippen molar-refractivity contribution < 1.29 is 0 Å². The van der Waals surface area contributed by atoms with E-state index in [1.54, 1.807) is 0 Å². The summed E-state index contributed by atoms with van der Waals surface area (Å²) in [7, 11) is 0. The van der Waals surface area contributed by atoms with E-state index >= 15 is 0 Å². The molecule has 1 aliphatic heterocycles. The zero-order valence-corrected chi connectivity index (χ0v) is 11.2. The van der Waals surface area contributed by atoms with Gasteiger partial charge >= 0.3 is 0 Å². The van der Waals surface area contributed by atoms with Crippen molar-refractivity contribution in [2.75, 3.05) is 36.4 Å². The fraction of sp³-hybridized carbons (Fsp3) is 0.533. The summed E-state index contributed by atoms with van der Waals surface area (Å²) in [5, 5.41) is 16.0. The highest BCUT2D eigenvalue weighted by atomic mass is 15.2. The Morgan fingerprint density at radius 1 is 1.16 bits per heavy atom. The summed E-state index contributed by atoms with van der Waals surface area (Å²) in [6, 6.07) is 10.9. The zero-order valence-electron chi connectivity index (χ0n) is 11.2. The molecule has 1 heterocycles. The molecule has 1 aromatic carbocycles. The Morgan fingerprint density at radius 2 is 1.84 bits per heavy atom. The standard InChI is InChI=1S/C15H20N4/c16-12-15(6-1-7-15)18-13-2-4-14(5-3-13)19-10-8-17-9-11-19/h2-5,17-18H,1,6-11H2. The molecule has 1 aliphatic carbocycles. The summed E-state index contributed by atoms with van der Waals surface area (Å²) < 4.78 is 0. The number of nitrogens with zero attached hydrogens (tertiary/aromatic N) is 2. The minimum absolute atomic E-state index is 0.309. The highest BCUT2D eigenvalue weighted by Crippen LogP contribution is 2.35. The Balaban J connectivity index is 1.67. The van der Waals surface area contributed by atoms with Gasteiger partial charge in [0, 0.05) is 37.6 Å². The van der Waals surface area contributed by atoms with Gasteiger partial charge in [-0.3, -0.25) is 0 Å². The van der Waals surface area contributed by atoms with Crippen LogP contribution in [0.3, 0.4) is 0 Å². The third-order valence-electron chi connectivity index (χ3n) is 4.15. The van der Waals surface area contributed by atoms with Gasteiger partial charge in [0.1, 0.15) is 5.54 Å². The molecule has 0 radical (unpaired) electrons. The van der Waals surface area contributed by atoms with Crippen molar-refractivity contribution in [2.45, 2.75) is 24.8 Å². The lowest BCUT2D eigenvalue weighted by atomic mass is 9.78. The van der Waals surface area contributed by atoms with Gasteiger partial charge in [-0.1, -0.05) is 0 Å². The number of benzene rings is 1. The predicted molar refractivity (Wildman–Crippen MR) is 77.3 cm³/mol. The number of hydrogen-bond donors (Lipinski definition) is 2. The van der Waals surface area contributed by atoms with E-state index in [0.29, 0.717) is 0 Å². The largest absolute Gasteiger partial charge is 0.369 e. The van der Waals surface area contributed by atoms with Crippen molar-refractivity contribution in [1.82, 2.24) is 5.32 Å². The van der Waals surface area contributed by atoms with Gasteiger partial charge in [0.2, 0.25) is 0 Å². The van der Waals surface area contributed by atoms with Crippen molar-refractivity contribution in [2.24, 2.45) is 0 Å². The molecular formula is C15H20N4. The zero-order chi connectivity index (χ0) is 13.1. The molecule has 0 amide bonds. The number of hydrogen-bond acceptors (Lipinski definition) is 4. The number of piperazine rings is 1. The van der Waals surface area contributed by atoms with Crippen molar-refractivity contribution in [3.63, 3.8) is 0 Å². The Hall–Kier alpha value is -1.73. The van der Waals surface area contributed by atoms with Crippen LogP contribution in [0.2, 0.25) is 0 Å². The van der Waals surface area contributed by atoms with Crippen LogP contribution in [-0.2, 0) is 0 Å². The van der Waals surface area contributed by atoms with Crippen LogP contribution >= 0.6 is 0 Å². The molecule has 19 heavy (non-hydrogen) atoms. The van der Waals surface area contributed by atoms with Gasteiger partial charge in [-0.2, -0.15) is 5.26 Å². The van der Waals surface area contributed by atoms with Crippen molar-refractivity contribution in [3.05, 3.63) is 24.3 Å². The normalized spacial score (nSPS) is 21.3. The molecule has 0 bridgehead atoms. The molecule has 0 aromatic heterocycles. The second-order valence-electron chi connectivity index (χ2n) is 5.46. The minimum atomic E-state index is -0.309. The van der Waals surface area contributed by atoms with E-state index in [0.717, 1.165) is 51.1 Å². The first-order chi connectivity index (χ1) is 9.31. The third-order valence-corrected chi connectivity index (χ3v) is 4.15. The van der Waals surface area contributed by atoms with Crippen LogP contribution in [0.15, 0.2) is 24.3 Å². The fourth-order valence-corrected chi connectivity index (χ4v) is 2.75. The summed E-state index contributed by atoms with van der Waals surface area (Å²) in [4.78, 5) is 2.39. The van der Waals surface area contributed by atoms with E-state index in [1.807, 2.05) is 0 Å². The summed E-state index contributed by atoms with van der Waals surface area (Å²) in [5.41, 5.74) is 2.02. The Bertz CT molecular complexity index is 464. The molecule has 100 valence electrons. The predicted octanol–water partition coefficient (Wildman–Crippen LogP) is 1.95. The van der Waals surface area contributed by atoms with Gasteiger partial charge in [-0.25, -0.2) is 0 Å². The summed E-state index contributed by atoms with van der Waals surface area (Å²) in [6.07, 6.45) is 3.07. The maximum atomic E-state index is 9.23. The number of rotatable bonds is 3. The molecule has 1 aromatic rings. The summed E-state index contributed by atoms with van der Waals surface area (Å²) in [6.45, 7) is 4.24. The van der Waals surface area contributed by atoms with Gasteiger partial charge in [0.15, 0.2) is 0 Å². The van der Waals surface area contributed by atoms with E-state index in [4.69, 9.17) is 0 Å². The van der Waals surface area contributed by atoms with Crippen LogP contribution in [0.1, 0.15) is 19.3 Å². The smallest absolute Gasteiger partial charge is 0.125 e. The minimum Gasteiger partial charge on any atom is -0.369 e. The first-order valence-electron chi connectivity index (χ1n) is 7.07. The fourth-order valence-electron chi connectivity index (χ4n) is 2.75. The van der Waals surface area contributed by atoms with Crippen LogP contribution in [0.4, 0.5) is 11.4 Å². The summed E-state index contributed by atoms with van der Waals surface area (Å²) >= 11 is 0. The molecule has 0 spiro atoms. The van der Waals surface area contributed by atoms with Crippen LogP contribution in [0.25, 0.3) is 0 Å². The van der Waals surface area contributed by atoms with Crippen molar-refractivity contribution in [1.29, 1.82) is 5.26 Å². The van der Waals surface area contributed by atoms with E-state index in [-0.39, 0.29) is 5.54 Å². The SMILES string of the molecule is N#CC1(Nc2ccc(N3CCNCC3)cc2)CCC1. The molecule has 2 N–H and O–H groups in total. The Labute approximate surface area is 114 Å². The van der Waals surface area contributed by atoms with E-state index in [1.165, 1.54) is 5.69 Å². The summed E-state index contributed by atoms with van der Waals surface area (Å²) in [5.74, 6) is 0. The molecule has 1 saturated carbocycles. The quantitative estimate of drug-likeness (QED) is 0.868. The lowest BCUT2D eigenvalue weighted by Crippen LogP contribution is -2.44. The lowest BCUT2D eigenvalue weighted by Gasteiger charge is -2.37. The molecule has 3 rings (SSSR count). The van der Waals surface area contributed by atoms with Gasteiger partial charge < -0.3 is 15.5 Å². The van der Waals surface area contributed by atoms with Crippen LogP contribution in [-0.4, -0.2) is 31.7 Å². The van der Waals surface area contributed by atoms with Crippen molar-refractivity contribution in [3.8, 4) is 6.07 Å². The second kappa shape index (κ2) is 5.10. The molecule has 0 unspecified atom stereocenters. The number of nitrogens with one attached hydrogen (secondary N) is 2. The van der Waals surface area contributed by atoms with Crippen LogP contribution in [0.5, 0.6) is 0 Å². The Morgan fingerprint density at radius 3 is 2.37 bits per heavy atom.